The van der Waals surface area contributed by atoms with Crippen LogP contribution in [0.5, 0.6) is 11.5 Å². The van der Waals surface area contributed by atoms with Crippen LogP contribution in [0.2, 0.25) is 0 Å². The first-order valence-electron chi connectivity index (χ1n) is 7.16. The number of benzene rings is 1. The Hall–Kier alpha value is -2.34. The lowest BCUT2D eigenvalue weighted by Crippen LogP contribution is -1.99. The fraction of sp³-hybridized carbons (Fsp3) is 0.250. The zero-order valence-electron chi connectivity index (χ0n) is 12.3. The van der Waals surface area contributed by atoms with Crippen LogP contribution in [0.1, 0.15) is 17.6 Å². The Morgan fingerprint density at radius 2 is 2.05 bits per heavy atom. The van der Waals surface area contributed by atoms with E-state index in [0.717, 1.165) is 45.5 Å². The molecule has 2 aromatic heterocycles. The summed E-state index contributed by atoms with van der Waals surface area (Å²) in [6.45, 7) is 4.43. The molecule has 3 aromatic rings. The maximum Gasteiger partial charge on any atom is 0.231 e. The zero-order valence-corrected chi connectivity index (χ0v) is 13.2. The maximum absolute atomic E-state index is 5.42. The van der Waals surface area contributed by atoms with Gasteiger partial charge in [-0.3, -0.25) is 0 Å². The predicted octanol–water partition coefficient (Wildman–Crippen LogP) is 4.03. The Kier molecular flexibility index (Phi) is 3.11. The lowest BCUT2D eigenvalue weighted by molar-refractivity contribution is 0.174. The van der Waals surface area contributed by atoms with Gasteiger partial charge in [-0.1, -0.05) is 6.92 Å². The quantitative estimate of drug-likeness (QED) is 0.791. The molecule has 0 bridgehead atoms. The van der Waals surface area contributed by atoms with E-state index in [2.05, 4.69) is 35.2 Å². The van der Waals surface area contributed by atoms with Gasteiger partial charge in [-0.2, -0.15) is 0 Å². The van der Waals surface area contributed by atoms with Gasteiger partial charge in [0.2, 0.25) is 6.79 Å². The third-order valence-corrected chi connectivity index (χ3v) is 4.46. The third kappa shape index (κ3) is 2.25. The largest absolute Gasteiger partial charge is 0.454 e. The Balaban J connectivity index is 1.77. The van der Waals surface area contributed by atoms with Crippen LogP contribution in [0.25, 0.3) is 10.2 Å². The molecule has 112 valence electrons. The Morgan fingerprint density at radius 3 is 2.91 bits per heavy atom. The van der Waals surface area contributed by atoms with Crippen molar-refractivity contribution in [1.29, 1.82) is 0 Å². The second kappa shape index (κ2) is 5.14. The molecule has 3 heterocycles. The first kappa shape index (κ1) is 13.3. The summed E-state index contributed by atoms with van der Waals surface area (Å²) in [6.07, 6.45) is 0.808. The van der Waals surface area contributed by atoms with Gasteiger partial charge in [0, 0.05) is 23.1 Å². The molecule has 1 aliphatic heterocycles. The number of hydrogen-bond acceptors (Lipinski definition) is 6. The summed E-state index contributed by atoms with van der Waals surface area (Å²) in [5.74, 6) is 3.22. The van der Waals surface area contributed by atoms with Gasteiger partial charge in [-0.15, -0.1) is 11.3 Å². The number of aromatic nitrogens is 2. The van der Waals surface area contributed by atoms with E-state index >= 15 is 0 Å². The fourth-order valence-corrected chi connectivity index (χ4v) is 3.35. The summed E-state index contributed by atoms with van der Waals surface area (Å²) < 4.78 is 10.8. The number of nitrogens with zero attached hydrogens (tertiary/aromatic N) is 2. The summed E-state index contributed by atoms with van der Waals surface area (Å²) >= 11 is 1.69. The minimum absolute atomic E-state index is 0.278. The number of rotatable bonds is 3. The molecule has 0 saturated heterocycles. The summed E-state index contributed by atoms with van der Waals surface area (Å²) in [4.78, 5) is 11.5. The van der Waals surface area contributed by atoms with E-state index in [0.29, 0.717) is 0 Å². The molecule has 0 saturated carbocycles. The highest BCUT2D eigenvalue weighted by molar-refractivity contribution is 7.18. The van der Waals surface area contributed by atoms with E-state index in [-0.39, 0.29) is 6.79 Å². The Bertz CT molecular complexity index is 860. The van der Waals surface area contributed by atoms with Crippen molar-refractivity contribution < 1.29 is 9.47 Å². The lowest BCUT2D eigenvalue weighted by Gasteiger charge is -2.09. The van der Waals surface area contributed by atoms with Gasteiger partial charge in [-0.05, 0) is 25.1 Å². The SMILES string of the molecule is CCc1nc(Nc2ccc3c(c2)OCO3)c2cc(C)sc2n1. The number of fused-ring (bicyclic) bond motifs is 2. The average molecular weight is 313 g/mol. The number of anilines is 2. The molecule has 5 nitrogen and oxygen atoms in total. The van der Waals surface area contributed by atoms with Crippen molar-refractivity contribution in [3.63, 3.8) is 0 Å². The van der Waals surface area contributed by atoms with Gasteiger partial charge in [0.25, 0.3) is 0 Å². The smallest absolute Gasteiger partial charge is 0.231 e. The topological polar surface area (TPSA) is 56.3 Å². The maximum atomic E-state index is 5.42. The normalized spacial score (nSPS) is 12.8. The van der Waals surface area contributed by atoms with Gasteiger partial charge >= 0.3 is 0 Å². The van der Waals surface area contributed by atoms with Gasteiger partial charge in [0.1, 0.15) is 16.5 Å². The fourth-order valence-electron chi connectivity index (χ4n) is 2.45. The molecule has 1 N–H and O–H groups in total. The average Bonchev–Trinajstić information content (AvgIpc) is 3.11. The number of nitrogens with one attached hydrogen (secondary N) is 1. The Labute approximate surface area is 131 Å². The molecular formula is C16H15N3O2S. The molecule has 0 fully saturated rings. The van der Waals surface area contributed by atoms with Crippen LogP contribution >= 0.6 is 11.3 Å². The molecule has 6 heteroatoms. The summed E-state index contributed by atoms with van der Waals surface area (Å²) in [6, 6.07) is 7.92. The number of thiophene rings is 1. The standard InChI is InChI=1S/C16H15N3O2S/c1-3-14-18-15(11-6-9(2)22-16(11)19-14)17-10-4-5-12-13(7-10)21-8-20-12/h4-7H,3,8H2,1-2H3,(H,17,18,19). The van der Waals surface area contributed by atoms with E-state index in [1.54, 1.807) is 11.3 Å². The van der Waals surface area contributed by atoms with Crippen LogP contribution in [0.4, 0.5) is 11.5 Å². The minimum atomic E-state index is 0.278. The van der Waals surface area contributed by atoms with Gasteiger partial charge in [-0.25, -0.2) is 9.97 Å². The summed E-state index contributed by atoms with van der Waals surface area (Å²) in [7, 11) is 0. The van der Waals surface area contributed by atoms with Gasteiger partial charge < -0.3 is 14.8 Å². The van der Waals surface area contributed by atoms with E-state index in [4.69, 9.17) is 9.47 Å². The highest BCUT2D eigenvalue weighted by atomic mass is 32.1. The van der Waals surface area contributed by atoms with Crippen molar-refractivity contribution >= 4 is 33.1 Å². The van der Waals surface area contributed by atoms with Crippen LogP contribution in [0.15, 0.2) is 24.3 Å². The Morgan fingerprint density at radius 1 is 1.18 bits per heavy atom. The van der Waals surface area contributed by atoms with Crippen LogP contribution in [-0.2, 0) is 6.42 Å². The van der Waals surface area contributed by atoms with Crippen LogP contribution in [0, 0.1) is 6.92 Å². The number of ether oxygens (including phenoxy) is 2. The van der Waals surface area contributed by atoms with E-state index < -0.39 is 0 Å². The van der Waals surface area contributed by atoms with Crippen LogP contribution in [0.3, 0.4) is 0 Å². The van der Waals surface area contributed by atoms with E-state index in [9.17, 15) is 0 Å². The second-order valence-electron chi connectivity index (χ2n) is 5.11. The molecule has 0 radical (unpaired) electrons. The molecule has 0 unspecified atom stereocenters. The second-order valence-corrected chi connectivity index (χ2v) is 6.35. The molecular weight excluding hydrogens is 298 g/mol. The number of aryl methyl sites for hydroxylation is 2. The highest BCUT2D eigenvalue weighted by Crippen LogP contribution is 2.36. The predicted molar refractivity (Wildman–Crippen MR) is 87.4 cm³/mol. The molecule has 1 aliphatic rings. The van der Waals surface area contributed by atoms with Crippen molar-refractivity contribution in [3.8, 4) is 11.5 Å². The number of hydrogen-bond donors (Lipinski definition) is 1. The monoisotopic (exact) mass is 313 g/mol. The third-order valence-electron chi connectivity index (χ3n) is 3.51. The van der Waals surface area contributed by atoms with Crippen LogP contribution in [-0.4, -0.2) is 16.8 Å². The molecule has 22 heavy (non-hydrogen) atoms. The van der Waals surface area contributed by atoms with Gasteiger partial charge in [0.15, 0.2) is 11.5 Å². The van der Waals surface area contributed by atoms with Crippen molar-refractivity contribution in [2.75, 3.05) is 12.1 Å². The summed E-state index contributed by atoms with van der Waals surface area (Å²) in [5.41, 5.74) is 0.926. The van der Waals surface area contributed by atoms with Crippen LogP contribution < -0.4 is 14.8 Å². The van der Waals surface area contributed by atoms with Crippen molar-refractivity contribution in [2.45, 2.75) is 20.3 Å². The zero-order chi connectivity index (χ0) is 15.1. The molecule has 0 aliphatic carbocycles. The van der Waals surface area contributed by atoms with E-state index in [1.165, 1.54) is 4.88 Å². The molecule has 0 amide bonds. The first-order chi connectivity index (χ1) is 10.7. The first-order valence-corrected chi connectivity index (χ1v) is 7.98. The highest BCUT2D eigenvalue weighted by Gasteiger charge is 2.15. The van der Waals surface area contributed by atoms with Crippen molar-refractivity contribution in [1.82, 2.24) is 9.97 Å². The molecule has 4 rings (SSSR count). The molecule has 0 atom stereocenters. The lowest BCUT2D eigenvalue weighted by atomic mass is 10.2. The molecule has 1 aromatic carbocycles. The van der Waals surface area contributed by atoms with Gasteiger partial charge in [0.05, 0.1) is 5.39 Å². The minimum Gasteiger partial charge on any atom is -0.454 e. The van der Waals surface area contributed by atoms with Crippen molar-refractivity contribution in [3.05, 3.63) is 35.0 Å². The van der Waals surface area contributed by atoms with Crippen molar-refractivity contribution in [2.24, 2.45) is 0 Å². The van der Waals surface area contributed by atoms with E-state index in [1.807, 2.05) is 18.2 Å². The molecule has 0 spiro atoms. The summed E-state index contributed by atoms with van der Waals surface area (Å²) in [5, 5.41) is 4.44.